The Hall–Kier alpha value is -1.60. The highest BCUT2D eigenvalue weighted by Gasteiger charge is 2.22. The van der Waals surface area contributed by atoms with Gasteiger partial charge >= 0.3 is 5.97 Å². The average Bonchev–Trinajstić information content (AvgIpc) is 2.26. The van der Waals surface area contributed by atoms with E-state index in [9.17, 15) is 13.2 Å². The molecule has 3 N–H and O–H groups in total. The molecule has 0 aliphatic rings. The van der Waals surface area contributed by atoms with Crippen molar-refractivity contribution in [3.05, 3.63) is 23.8 Å². The first-order chi connectivity index (χ1) is 8.26. The first-order valence-electron chi connectivity index (χ1n) is 5.23. The normalized spacial score (nSPS) is 13.1. The molecule has 0 aliphatic heterocycles. The number of esters is 1. The van der Waals surface area contributed by atoms with E-state index >= 15 is 0 Å². The van der Waals surface area contributed by atoms with Gasteiger partial charge in [0.15, 0.2) is 0 Å². The molecule has 0 radical (unpaired) electrons. The average molecular weight is 272 g/mol. The van der Waals surface area contributed by atoms with Crippen LogP contribution in [0.1, 0.15) is 12.5 Å². The van der Waals surface area contributed by atoms with Gasteiger partial charge in [0.2, 0.25) is 10.0 Å². The van der Waals surface area contributed by atoms with Crippen LogP contribution in [0.2, 0.25) is 0 Å². The molecule has 100 valence electrons. The summed E-state index contributed by atoms with van der Waals surface area (Å²) in [5, 5.41) is 0. The van der Waals surface area contributed by atoms with Gasteiger partial charge in [-0.05, 0) is 37.6 Å². The quantitative estimate of drug-likeness (QED) is 0.611. The van der Waals surface area contributed by atoms with Crippen molar-refractivity contribution in [2.45, 2.75) is 24.8 Å². The zero-order valence-electron chi connectivity index (χ0n) is 10.4. The molecule has 18 heavy (non-hydrogen) atoms. The van der Waals surface area contributed by atoms with E-state index in [0.29, 0.717) is 5.69 Å². The minimum Gasteiger partial charge on any atom is -0.468 e. The van der Waals surface area contributed by atoms with Gasteiger partial charge in [-0.25, -0.2) is 8.42 Å². The second kappa shape index (κ2) is 5.36. The number of nitrogens with one attached hydrogen (secondary N) is 1. The third-order valence-electron chi connectivity index (χ3n) is 2.27. The van der Waals surface area contributed by atoms with E-state index in [1.54, 1.807) is 13.0 Å². The Morgan fingerprint density at radius 2 is 2.00 bits per heavy atom. The second-order valence-electron chi connectivity index (χ2n) is 3.95. The SMILES string of the molecule is COC(=O)C(C)NS(=O)(=O)c1cc(C)cc(N)c1. The number of aryl methyl sites for hydroxylation is 1. The molecule has 0 heterocycles. The Morgan fingerprint density at radius 3 is 2.50 bits per heavy atom. The third kappa shape index (κ3) is 3.44. The number of nitrogen functional groups attached to an aromatic ring is 1. The van der Waals surface area contributed by atoms with Crippen LogP contribution in [0.5, 0.6) is 0 Å². The number of rotatable bonds is 4. The highest BCUT2D eigenvalue weighted by molar-refractivity contribution is 7.89. The maximum absolute atomic E-state index is 12.0. The number of hydrogen-bond acceptors (Lipinski definition) is 5. The molecular formula is C11H16N2O4S. The van der Waals surface area contributed by atoms with Gasteiger partial charge < -0.3 is 10.5 Å². The predicted molar refractivity (Wildman–Crippen MR) is 67.4 cm³/mol. The summed E-state index contributed by atoms with van der Waals surface area (Å²) in [5.41, 5.74) is 6.66. The van der Waals surface area contributed by atoms with Crippen LogP contribution in [0.3, 0.4) is 0 Å². The molecule has 1 aromatic carbocycles. The van der Waals surface area contributed by atoms with Gasteiger partial charge in [0, 0.05) is 5.69 Å². The lowest BCUT2D eigenvalue weighted by atomic mass is 10.2. The first kappa shape index (κ1) is 14.5. The van der Waals surface area contributed by atoms with Crippen LogP contribution < -0.4 is 10.5 Å². The highest BCUT2D eigenvalue weighted by atomic mass is 32.2. The van der Waals surface area contributed by atoms with E-state index in [4.69, 9.17) is 5.73 Å². The molecule has 0 aromatic heterocycles. The Balaban J connectivity index is 3.03. The van der Waals surface area contributed by atoms with Crippen LogP contribution >= 0.6 is 0 Å². The summed E-state index contributed by atoms with van der Waals surface area (Å²) in [5.74, 6) is -0.654. The molecule has 7 heteroatoms. The van der Waals surface area contributed by atoms with Crippen LogP contribution in [-0.4, -0.2) is 27.5 Å². The molecule has 0 saturated carbocycles. The topological polar surface area (TPSA) is 98.5 Å². The summed E-state index contributed by atoms with van der Waals surface area (Å²) < 4.78 is 30.7. The largest absolute Gasteiger partial charge is 0.468 e. The van der Waals surface area contributed by atoms with Crippen LogP contribution in [0, 0.1) is 6.92 Å². The van der Waals surface area contributed by atoms with Gasteiger partial charge in [0.05, 0.1) is 12.0 Å². The zero-order chi connectivity index (χ0) is 13.9. The molecule has 0 spiro atoms. The van der Waals surface area contributed by atoms with Crippen LogP contribution in [0.15, 0.2) is 23.1 Å². The number of benzene rings is 1. The van der Waals surface area contributed by atoms with E-state index < -0.39 is 22.0 Å². The van der Waals surface area contributed by atoms with Crippen molar-refractivity contribution >= 4 is 21.7 Å². The fraction of sp³-hybridized carbons (Fsp3) is 0.364. The lowest BCUT2D eigenvalue weighted by Gasteiger charge is -2.12. The first-order valence-corrected chi connectivity index (χ1v) is 6.72. The van der Waals surface area contributed by atoms with Crippen molar-refractivity contribution < 1.29 is 17.9 Å². The van der Waals surface area contributed by atoms with Crippen molar-refractivity contribution in [2.24, 2.45) is 0 Å². The van der Waals surface area contributed by atoms with Gasteiger partial charge in [-0.1, -0.05) is 0 Å². The number of anilines is 1. The van der Waals surface area contributed by atoms with E-state index in [0.717, 1.165) is 5.56 Å². The van der Waals surface area contributed by atoms with E-state index in [1.807, 2.05) is 0 Å². The molecule has 0 saturated heterocycles. The molecule has 0 fully saturated rings. The van der Waals surface area contributed by atoms with Gasteiger partial charge in [-0.15, -0.1) is 0 Å². The Kier molecular flexibility index (Phi) is 4.31. The minimum absolute atomic E-state index is 0.0238. The summed E-state index contributed by atoms with van der Waals surface area (Å²) in [6, 6.07) is 3.51. The van der Waals surface area contributed by atoms with Crippen LogP contribution in [0.25, 0.3) is 0 Å². The third-order valence-corrected chi connectivity index (χ3v) is 3.79. The molecule has 0 aliphatic carbocycles. The van der Waals surface area contributed by atoms with Gasteiger partial charge in [0.1, 0.15) is 6.04 Å². The molecular weight excluding hydrogens is 256 g/mol. The number of ether oxygens (including phenoxy) is 1. The maximum Gasteiger partial charge on any atom is 0.323 e. The van der Waals surface area contributed by atoms with Gasteiger partial charge in [-0.2, -0.15) is 4.72 Å². The number of sulfonamides is 1. The van der Waals surface area contributed by atoms with E-state index in [2.05, 4.69) is 9.46 Å². The molecule has 6 nitrogen and oxygen atoms in total. The molecule has 1 unspecified atom stereocenters. The molecule has 1 aromatic rings. The molecule has 1 rings (SSSR count). The summed E-state index contributed by atoms with van der Waals surface area (Å²) in [6.07, 6.45) is 0. The van der Waals surface area contributed by atoms with Crippen molar-refractivity contribution in [3.63, 3.8) is 0 Å². The Labute approximate surface area is 106 Å². The van der Waals surface area contributed by atoms with Crippen molar-refractivity contribution in [1.29, 1.82) is 0 Å². The summed E-state index contributed by atoms with van der Waals surface area (Å²) in [7, 11) is -2.60. The predicted octanol–water partition coefficient (Wildman–Crippen LogP) is 0.417. The standard InChI is InChI=1S/C11H16N2O4S/c1-7-4-9(12)6-10(5-7)18(15,16)13-8(2)11(14)17-3/h4-6,8,13H,12H2,1-3H3. The number of carbonyl (C=O) groups excluding carboxylic acids is 1. The second-order valence-corrected chi connectivity index (χ2v) is 5.66. The van der Waals surface area contributed by atoms with Crippen molar-refractivity contribution in [3.8, 4) is 0 Å². The van der Waals surface area contributed by atoms with Crippen LogP contribution in [0.4, 0.5) is 5.69 Å². The lowest BCUT2D eigenvalue weighted by Crippen LogP contribution is -2.39. The molecule has 0 amide bonds. The van der Waals surface area contributed by atoms with E-state index in [1.165, 1.54) is 26.2 Å². The summed E-state index contributed by atoms with van der Waals surface area (Å²) in [4.78, 5) is 11.2. The monoisotopic (exact) mass is 272 g/mol. The minimum atomic E-state index is -3.79. The fourth-order valence-electron chi connectivity index (χ4n) is 1.46. The molecule has 1 atom stereocenters. The summed E-state index contributed by atoms with van der Waals surface area (Å²) >= 11 is 0. The van der Waals surface area contributed by atoms with Gasteiger partial charge in [-0.3, -0.25) is 4.79 Å². The number of methoxy groups -OCH3 is 1. The lowest BCUT2D eigenvalue weighted by molar-refractivity contribution is -0.142. The number of hydrogen-bond donors (Lipinski definition) is 2. The summed E-state index contributed by atoms with van der Waals surface area (Å²) in [6.45, 7) is 3.14. The van der Waals surface area contributed by atoms with Crippen molar-refractivity contribution in [1.82, 2.24) is 4.72 Å². The highest BCUT2D eigenvalue weighted by Crippen LogP contribution is 2.16. The Morgan fingerprint density at radius 1 is 1.39 bits per heavy atom. The van der Waals surface area contributed by atoms with Gasteiger partial charge in [0.25, 0.3) is 0 Å². The number of carbonyl (C=O) groups is 1. The van der Waals surface area contributed by atoms with E-state index in [-0.39, 0.29) is 4.90 Å². The maximum atomic E-state index is 12.0. The van der Waals surface area contributed by atoms with Crippen molar-refractivity contribution in [2.75, 3.05) is 12.8 Å². The van der Waals surface area contributed by atoms with Crippen LogP contribution in [-0.2, 0) is 19.6 Å². The fourth-order valence-corrected chi connectivity index (χ4v) is 2.79. The Bertz CT molecular complexity index is 534. The zero-order valence-corrected chi connectivity index (χ0v) is 11.2. The smallest absolute Gasteiger partial charge is 0.323 e. The number of nitrogens with two attached hydrogens (primary N) is 1. The molecule has 0 bridgehead atoms.